The van der Waals surface area contributed by atoms with E-state index in [1.54, 1.807) is 0 Å². The molecule has 3 aromatic rings. The summed E-state index contributed by atoms with van der Waals surface area (Å²) in [7, 11) is 1.89. The minimum absolute atomic E-state index is 0.129. The predicted octanol–water partition coefficient (Wildman–Crippen LogP) is 7.63. The lowest BCUT2D eigenvalue weighted by molar-refractivity contribution is 0.489. The van der Waals surface area contributed by atoms with Crippen molar-refractivity contribution in [1.29, 1.82) is 0 Å². The van der Waals surface area contributed by atoms with Crippen LogP contribution in [0.4, 0.5) is 5.13 Å². The average Bonchev–Trinajstić information content (AvgIpc) is 3.11. The Morgan fingerprint density at radius 2 is 1.48 bits per heavy atom. The van der Waals surface area contributed by atoms with E-state index >= 15 is 0 Å². The van der Waals surface area contributed by atoms with Crippen molar-refractivity contribution in [3.05, 3.63) is 59.7 Å². The van der Waals surface area contributed by atoms with Gasteiger partial charge in [0.15, 0.2) is 5.13 Å². The molecule has 4 heteroatoms. The first-order chi connectivity index (χ1) is 13.6. The summed E-state index contributed by atoms with van der Waals surface area (Å²) >= 11 is 1.53. The molecule has 154 valence electrons. The monoisotopic (exact) mass is 408 g/mol. The van der Waals surface area contributed by atoms with E-state index in [2.05, 4.69) is 95.4 Å². The molecule has 1 aromatic heterocycles. The lowest BCUT2D eigenvalue weighted by Gasteiger charge is -2.23. The third-order valence-electron chi connectivity index (χ3n) is 5.56. The Balaban J connectivity index is 1.90. The van der Waals surface area contributed by atoms with Crippen molar-refractivity contribution in [1.82, 2.24) is 4.98 Å². The van der Waals surface area contributed by atoms with Gasteiger partial charge in [0, 0.05) is 12.6 Å². The van der Waals surface area contributed by atoms with Crippen molar-refractivity contribution in [3.8, 4) is 22.1 Å². The van der Waals surface area contributed by atoms with Gasteiger partial charge < -0.3 is 10.1 Å². The van der Waals surface area contributed by atoms with Crippen LogP contribution in [0.15, 0.2) is 48.5 Å². The summed E-state index contributed by atoms with van der Waals surface area (Å²) in [5.41, 5.74) is 4.87. The normalized spacial score (nSPS) is 12.1. The molecule has 0 amide bonds. The van der Waals surface area contributed by atoms with E-state index in [0.29, 0.717) is 0 Å². The zero-order valence-electron chi connectivity index (χ0n) is 18.6. The SMILES string of the molecule is CCC(C)(C)c1ccc(Oc2sc(NC)nc2-c2ccc(C(C)(C)C)cc2)cc1. The van der Waals surface area contributed by atoms with Crippen LogP contribution in [0.2, 0.25) is 0 Å². The molecule has 0 radical (unpaired) electrons. The molecule has 0 aliphatic rings. The van der Waals surface area contributed by atoms with Gasteiger partial charge in [0.05, 0.1) is 0 Å². The molecule has 3 nitrogen and oxygen atoms in total. The van der Waals surface area contributed by atoms with Gasteiger partial charge in [-0.15, -0.1) is 0 Å². The lowest BCUT2D eigenvalue weighted by Crippen LogP contribution is -2.14. The van der Waals surface area contributed by atoms with Crippen molar-refractivity contribution in [2.45, 2.75) is 58.8 Å². The van der Waals surface area contributed by atoms with Gasteiger partial charge in [0.25, 0.3) is 0 Å². The Kier molecular flexibility index (Phi) is 6.04. The molecule has 2 aromatic carbocycles. The molecular formula is C25H32N2OS. The van der Waals surface area contributed by atoms with E-state index in [4.69, 9.17) is 9.72 Å². The molecular weight excluding hydrogens is 376 g/mol. The fourth-order valence-corrected chi connectivity index (χ4v) is 3.89. The Hall–Kier alpha value is -2.33. The Morgan fingerprint density at radius 1 is 0.897 bits per heavy atom. The summed E-state index contributed by atoms with van der Waals surface area (Å²) in [6, 6.07) is 17.1. The third-order valence-corrected chi connectivity index (χ3v) is 6.52. The number of nitrogens with one attached hydrogen (secondary N) is 1. The summed E-state index contributed by atoms with van der Waals surface area (Å²) < 4.78 is 6.26. The Morgan fingerprint density at radius 3 is 2.00 bits per heavy atom. The number of rotatable bonds is 6. The highest BCUT2D eigenvalue weighted by atomic mass is 32.1. The van der Waals surface area contributed by atoms with Gasteiger partial charge in [0.1, 0.15) is 11.4 Å². The molecule has 0 aliphatic heterocycles. The van der Waals surface area contributed by atoms with Crippen LogP contribution >= 0.6 is 11.3 Å². The predicted molar refractivity (Wildman–Crippen MR) is 126 cm³/mol. The quantitative estimate of drug-likeness (QED) is 0.455. The van der Waals surface area contributed by atoms with Crippen LogP contribution in [0.1, 0.15) is 59.1 Å². The largest absolute Gasteiger partial charge is 0.444 e. The zero-order chi connectivity index (χ0) is 21.2. The van der Waals surface area contributed by atoms with Crippen molar-refractivity contribution >= 4 is 16.5 Å². The first kappa shape index (κ1) is 21.4. The second-order valence-corrected chi connectivity index (χ2v) is 10.1. The lowest BCUT2D eigenvalue weighted by atomic mass is 9.82. The molecule has 0 unspecified atom stereocenters. The topological polar surface area (TPSA) is 34.1 Å². The van der Waals surface area contributed by atoms with Crippen LogP contribution in [0.5, 0.6) is 10.8 Å². The number of hydrogen-bond acceptors (Lipinski definition) is 4. The van der Waals surface area contributed by atoms with Gasteiger partial charge in [-0.25, -0.2) is 4.98 Å². The number of anilines is 1. The van der Waals surface area contributed by atoms with E-state index in [1.165, 1.54) is 22.5 Å². The molecule has 0 aliphatic carbocycles. The van der Waals surface area contributed by atoms with E-state index in [1.807, 2.05) is 7.05 Å². The molecule has 0 bridgehead atoms. The average molecular weight is 409 g/mol. The van der Waals surface area contributed by atoms with Crippen molar-refractivity contribution in [2.75, 3.05) is 12.4 Å². The number of benzene rings is 2. The second kappa shape index (κ2) is 8.19. The van der Waals surface area contributed by atoms with E-state index in [9.17, 15) is 0 Å². The minimum Gasteiger partial charge on any atom is -0.444 e. The first-order valence-electron chi connectivity index (χ1n) is 10.2. The van der Waals surface area contributed by atoms with Gasteiger partial charge in [-0.1, -0.05) is 89.3 Å². The van der Waals surface area contributed by atoms with Crippen LogP contribution in [-0.2, 0) is 10.8 Å². The summed E-state index contributed by atoms with van der Waals surface area (Å²) in [6.45, 7) is 13.4. The van der Waals surface area contributed by atoms with E-state index in [0.717, 1.165) is 33.6 Å². The van der Waals surface area contributed by atoms with Crippen LogP contribution in [0, 0.1) is 0 Å². The van der Waals surface area contributed by atoms with Crippen LogP contribution in [-0.4, -0.2) is 12.0 Å². The van der Waals surface area contributed by atoms with E-state index in [-0.39, 0.29) is 10.8 Å². The Bertz CT molecular complexity index is 948. The number of thiazole rings is 1. The van der Waals surface area contributed by atoms with Gasteiger partial charge in [-0.3, -0.25) is 0 Å². The number of ether oxygens (including phenoxy) is 1. The van der Waals surface area contributed by atoms with Gasteiger partial charge >= 0.3 is 0 Å². The van der Waals surface area contributed by atoms with Crippen LogP contribution in [0.25, 0.3) is 11.3 Å². The molecule has 0 saturated carbocycles. The summed E-state index contributed by atoms with van der Waals surface area (Å²) in [4.78, 5) is 4.74. The maximum absolute atomic E-state index is 6.26. The third kappa shape index (κ3) is 4.81. The molecule has 0 fully saturated rings. The first-order valence-corrected chi connectivity index (χ1v) is 11.0. The maximum atomic E-state index is 6.26. The summed E-state index contributed by atoms with van der Waals surface area (Å²) in [5, 5.41) is 4.79. The van der Waals surface area contributed by atoms with E-state index < -0.39 is 0 Å². The molecule has 3 rings (SSSR count). The number of nitrogens with zero attached hydrogens (tertiary/aromatic N) is 1. The standard InChI is InChI=1S/C25H32N2OS/c1-8-25(5,6)19-13-15-20(16-14-19)28-22-21(27-23(26-7)29-22)17-9-11-18(12-10-17)24(2,3)4/h9-16H,8H2,1-7H3,(H,26,27). The fraction of sp³-hybridized carbons (Fsp3) is 0.400. The van der Waals surface area contributed by atoms with Gasteiger partial charge in [0.2, 0.25) is 5.06 Å². The highest BCUT2D eigenvalue weighted by Gasteiger charge is 2.20. The maximum Gasteiger partial charge on any atom is 0.210 e. The molecule has 1 N–H and O–H groups in total. The number of hydrogen-bond donors (Lipinski definition) is 1. The van der Waals surface area contributed by atoms with Crippen molar-refractivity contribution < 1.29 is 4.74 Å². The van der Waals surface area contributed by atoms with Crippen molar-refractivity contribution in [2.24, 2.45) is 0 Å². The minimum atomic E-state index is 0.129. The molecule has 0 spiro atoms. The second-order valence-electron chi connectivity index (χ2n) is 9.10. The zero-order valence-corrected chi connectivity index (χ0v) is 19.4. The van der Waals surface area contributed by atoms with Crippen LogP contribution in [0.3, 0.4) is 0 Å². The fourth-order valence-electron chi connectivity index (χ4n) is 3.08. The smallest absolute Gasteiger partial charge is 0.210 e. The Labute approximate surface area is 179 Å². The molecule has 29 heavy (non-hydrogen) atoms. The van der Waals surface area contributed by atoms with Gasteiger partial charge in [-0.05, 0) is 40.5 Å². The summed E-state index contributed by atoms with van der Waals surface area (Å²) in [6.07, 6.45) is 1.10. The highest BCUT2D eigenvalue weighted by Crippen LogP contribution is 2.41. The summed E-state index contributed by atoms with van der Waals surface area (Å²) in [5.74, 6) is 0.833. The molecule has 1 heterocycles. The molecule has 0 atom stereocenters. The van der Waals surface area contributed by atoms with Gasteiger partial charge in [-0.2, -0.15) is 0 Å². The number of aromatic nitrogens is 1. The van der Waals surface area contributed by atoms with Crippen molar-refractivity contribution in [3.63, 3.8) is 0 Å². The highest BCUT2D eigenvalue weighted by molar-refractivity contribution is 7.17. The molecule has 0 saturated heterocycles. The van der Waals surface area contributed by atoms with Crippen LogP contribution < -0.4 is 10.1 Å².